The Hall–Kier alpha value is -1.88. The molecule has 2 aliphatic rings. The Morgan fingerprint density at radius 3 is 2.95 bits per heavy atom. The van der Waals surface area contributed by atoms with Crippen LogP contribution in [0.15, 0.2) is 29.5 Å². The lowest BCUT2D eigenvalue weighted by Crippen LogP contribution is -2.36. The summed E-state index contributed by atoms with van der Waals surface area (Å²) in [7, 11) is 0. The maximum atomic E-state index is 11.8. The van der Waals surface area contributed by atoms with Gasteiger partial charge in [0.05, 0.1) is 0 Å². The number of nitrogens with one attached hydrogen (secondary N) is 2. The van der Waals surface area contributed by atoms with Gasteiger partial charge in [0.15, 0.2) is 0 Å². The van der Waals surface area contributed by atoms with E-state index in [4.69, 9.17) is 12.2 Å². The number of hydrogen-bond donors (Lipinski definition) is 3. The van der Waals surface area contributed by atoms with Gasteiger partial charge in [-0.25, -0.2) is 0 Å². The molecule has 0 fully saturated rings. The highest BCUT2D eigenvalue weighted by Crippen LogP contribution is 2.29. The van der Waals surface area contributed by atoms with Crippen LogP contribution in [0.5, 0.6) is 0 Å². The second-order valence-electron chi connectivity index (χ2n) is 5.08. The number of rotatable bonds is 2. The van der Waals surface area contributed by atoms with E-state index < -0.39 is 0 Å². The molecule has 4 nitrogen and oxygen atoms in total. The molecule has 1 aliphatic carbocycles. The molecule has 0 bridgehead atoms. The summed E-state index contributed by atoms with van der Waals surface area (Å²) >= 11 is 5.29. The first-order chi connectivity index (χ1) is 9.66. The molecular weight excluding hydrogens is 272 g/mol. The van der Waals surface area contributed by atoms with Gasteiger partial charge in [-0.05, 0) is 36.5 Å². The van der Waals surface area contributed by atoms with Crippen molar-refractivity contribution in [3.8, 4) is 0 Å². The number of amides is 1. The third-order valence-corrected chi connectivity index (χ3v) is 4.09. The highest BCUT2D eigenvalue weighted by atomic mass is 32.1. The second kappa shape index (κ2) is 5.25. The maximum absolute atomic E-state index is 11.8. The molecule has 3 rings (SSSR count). The predicted octanol–water partition coefficient (Wildman–Crippen LogP) is 2.25. The summed E-state index contributed by atoms with van der Waals surface area (Å²) in [5.74, 6) is -0.238. The number of aryl methyl sites for hydroxylation is 1. The number of aliphatic hydroxyl groups excluding tert-OH is 1. The first kappa shape index (κ1) is 13.1. The van der Waals surface area contributed by atoms with Crippen LogP contribution in [0.4, 0.5) is 5.69 Å². The number of fused-ring (bicyclic) bond motifs is 1. The summed E-state index contributed by atoms with van der Waals surface area (Å²) in [6.07, 6.45) is 3.69. The largest absolute Gasteiger partial charge is 0.511 e. The van der Waals surface area contributed by atoms with Crippen LogP contribution in [0, 0.1) is 0 Å². The quantitative estimate of drug-likeness (QED) is 0.731. The molecule has 1 amide bonds. The van der Waals surface area contributed by atoms with Gasteiger partial charge < -0.3 is 15.7 Å². The Labute approximate surface area is 122 Å². The Kier molecular flexibility index (Phi) is 3.44. The van der Waals surface area contributed by atoms with Crippen LogP contribution in [0.1, 0.15) is 24.0 Å². The van der Waals surface area contributed by atoms with E-state index in [1.807, 2.05) is 12.1 Å². The van der Waals surface area contributed by atoms with Crippen molar-refractivity contribution in [1.82, 2.24) is 5.32 Å². The molecule has 0 spiro atoms. The fourth-order valence-corrected chi connectivity index (χ4v) is 3.12. The fourth-order valence-electron chi connectivity index (χ4n) is 2.79. The molecule has 0 atom stereocenters. The summed E-state index contributed by atoms with van der Waals surface area (Å²) < 4.78 is 0. The first-order valence-electron chi connectivity index (χ1n) is 6.79. The van der Waals surface area contributed by atoms with E-state index in [0.29, 0.717) is 18.0 Å². The van der Waals surface area contributed by atoms with Gasteiger partial charge in [-0.2, -0.15) is 0 Å². The molecular formula is C15H16N2O2S. The minimum absolute atomic E-state index is 0.0684. The number of anilines is 1. The Morgan fingerprint density at radius 1 is 1.30 bits per heavy atom. The third-order valence-electron chi connectivity index (χ3n) is 3.78. The first-order valence-corrected chi connectivity index (χ1v) is 7.20. The van der Waals surface area contributed by atoms with Gasteiger partial charge in [0.2, 0.25) is 0 Å². The van der Waals surface area contributed by atoms with Crippen LogP contribution < -0.4 is 10.6 Å². The lowest BCUT2D eigenvalue weighted by Gasteiger charge is -2.19. The normalized spacial score (nSPS) is 17.7. The predicted molar refractivity (Wildman–Crippen MR) is 82.0 cm³/mol. The van der Waals surface area contributed by atoms with Crippen LogP contribution in [-0.4, -0.2) is 22.5 Å². The van der Waals surface area contributed by atoms with Crippen molar-refractivity contribution in [1.29, 1.82) is 0 Å². The highest BCUT2D eigenvalue weighted by Gasteiger charge is 2.24. The number of hydrogen-bond acceptors (Lipinski definition) is 3. The molecule has 0 saturated carbocycles. The number of benzene rings is 1. The van der Waals surface area contributed by atoms with Crippen molar-refractivity contribution in [2.75, 3.05) is 11.9 Å². The summed E-state index contributed by atoms with van der Waals surface area (Å²) in [4.78, 5) is 12.1. The fraction of sp³-hybridized carbons (Fsp3) is 0.333. The van der Waals surface area contributed by atoms with Crippen molar-refractivity contribution in [3.63, 3.8) is 0 Å². The van der Waals surface area contributed by atoms with Crippen LogP contribution in [0.2, 0.25) is 0 Å². The molecule has 1 aromatic rings. The average Bonchev–Trinajstić information content (AvgIpc) is 2.88. The Balaban J connectivity index is 1.87. The number of aliphatic hydroxyl groups is 1. The van der Waals surface area contributed by atoms with Crippen LogP contribution in [0.3, 0.4) is 0 Å². The zero-order valence-electron chi connectivity index (χ0n) is 11.0. The van der Waals surface area contributed by atoms with Crippen molar-refractivity contribution in [3.05, 3.63) is 40.7 Å². The van der Waals surface area contributed by atoms with Crippen molar-refractivity contribution in [2.24, 2.45) is 0 Å². The molecule has 1 heterocycles. The van der Waals surface area contributed by atoms with E-state index in [9.17, 15) is 9.90 Å². The summed E-state index contributed by atoms with van der Waals surface area (Å²) in [5, 5.41) is 15.7. The number of thiocarbonyl (C=S) groups is 1. The molecule has 0 radical (unpaired) electrons. The molecule has 5 heteroatoms. The molecule has 20 heavy (non-hydrogen) atoms. The van der Waals surface area contributed by atoms with E-state index in [-0.39, 0.29) is 17.2 Å². The highest BCUT2D eigenvalue weighted by molar-refractivity contribution is 7.81. The topological polar surface area (TPSA) is 61.4 Å². The third kappa shape index (κ3) is 2.29. The van der Waals surface area contributed by atoms with Gasteiger partial charge >= 0.3 is 0 Å². The van der Waals surface area contributed by atoms with Crippen molar-refractivity contribution >= 4 is 28.8 Å². The monoisotopic (exact) mass is 288 g/mol. The molecule has 0 saturated heterocycles. The van der Waals surface area contributed by atoms with E-state index in [1.165, 1.54) is 11.1 Å². The minimum atomic E-state index is -0.307. The zero-order chi connectivity index (χ0) is 14.1. The average molecular weight is 288 g/mol. The van der Waals surface area contributed by atoms with Gasteiger partial charge in [0.25, 0.3) is 5.91 Å². The molecule has 0 unspecified atom stereocenters. The van der Waals surface area contributed by atoms with Crippen LogP contribution in [-0.2, 0) is 17.6 Å². The summed E-state index contributed by atoms with van der Waals surface area (Å²) in [6, 6.07) is 6.08. The zero-order valence-corrected chi connectivity index (χ0v) is 11.8. The molecule has 1 aliphatic heterocycles. The van der Waals surface area contributed by atoms with Crippen molar-refractivity contribution < 1.29 is 9.90 Å². The number of carbonyl (C=O) groups excluding carboxylic acids is 1. The summed E-state index contributed by atoms with van der Waals surface area (Å²) in [6.45, 7) is 0.456. The second-order valence-corrected chi connectivity index (χ2v) is 5.49. The van der Waals surface area contributed by atoms with E-state index in [1.54, 1.807) is 0 Å². The van der Waals surface area contributed by atoms with Gasteiger partial charge in [-0.15, -0.1) is 0 Å². The van der Waals surface area contributed by atoms with Crippen LogP contribution >= 0.6 is 12.2 Å². The van der Waals surface area contributed by atoms with Gasteiger partial charge in [0, 0.05) is 18.7 Å². The van der Waals surface area contributed by atoms with E-state index in [2.05, 4.69) is 16.7 Å². The minimum Gasteiger partial charge on any atom is -0.511 e. The maximum Gasteiger partial charge on any atom is 0.257 e. The van der Waals surface area contributed by atoms with Gasteiger partial charge in [-0.1, -0.05) is 24.4 Å². The van der Waals surface area contributed by atoms with Gasteiger partial charge in [-0.3, -0.25) is 4.79 Å². The smallest absolute Gasteiger partial charge is 0.257 e. The van der Waals surface area contributed by atoms with Crippen molar-refractivity contribution in [2.45, 2.75) is 25.7 Å². The lowest BCUT2D eigenvalue weighted by atomic mass is 10.1. The molecule has 104 valence electrons. The van der Waals surface area contributed by atoms with E-state index >= 15 is 0 Å². The van der Waals surface area contributed by atoms with Crippen LogP contribution in [0.25, 0.3) is 0 Å². The Bertz CT molecular complexity index is 622. The Morgan fingerprint density at radius 2 is 2.15 bits per heavy atom. The standard InChI is InChI=1S/C15H16N2O2S/c18-12-7-8-16-14(19)13(12)15(20)17-11-6-2-4-9-3-1-5-10(9)11/h2,4,6,18H,1,3,5,7-8H2,(H,16,19)(H,17,20). The molecule has 0 aromatic heterocycles. The molecule has 3 N–H and O–H groups in total. The SMILES string of the molecule is O=C1NCCC(O)=C1C(=S)Nc1cccc2c1CCC2. The summed E-state index contributed by atoms with van der Waals surface area (Å²) in [5.41, 5.74) is 3.75. The lowest BCUT2D eigenvalue weighted by molar-refractivity contribution is -0.117. The molecule has 1 aromatic carbocycles. The van der Waals surface area contributed by atoms with Gasteiger partial charge in [0.1, 0.15) is 16.3 Å². The van der Waals surface area contributed by atoms with E-state index in [0.717, 1.165) is 24.9 Å². The number of carbonyl (C=O) groups is 1.